The summed E-state index contributed by atoms with van der Waals surface area (Å²) in [6.07, 6.45) is 8.23. The van der Waals surface area contributed by atoms with E-state index in [0.29, 0.717) is 5.69 Å². The summed E-state index contributed by atoms with van der Waals surface area (Å²) in [7, 11) is -0.290. The lowest BCUT2D eigenvalue weighted by molar-refractivity contribution is 0.102. The molecule has 2 aromatic carbocycles. The smallest absolute Gasteiger partial charge is 0.259 e. The van der Waals surface area contributed by atoms with Crippen molar-refractivity contribution in [1.82, 2.24) is 19.3 Å². The molecular formula is C27H32N6O4S. The van der Waals surface area contributed by atoms with Crippen molar-refractivity contribution >= 4 is 27.3 Å². The number of nitrogens with one attached hydrogen (secondary N) is 2. The van der Waals surface area contributed by atoms with E-state index in [1.807, 2.05) is 57.6 Å². The van der Waals surface area contributed by atoms with Gasteiger partial charge in [-0.2, -0.15) is 5.10 Å². The van der Waals surface area contributed by atoms with Crippen LogP contribution in [0, 0.1) is 6.92 Å². The third-order valence-corrected chi connectivity index (χ3v) is 6.70. The van der Waals surface area contributed by atoms with E-state index < -0.39 is 15.9 Å². The van der Waals surface area contributed by atoms with Crippen LogP contribution in [0.3, 0.4) is 0 Å². The molecule has 0 saturated carbocycles. The molecule has 4 aromatic rings. The maximum atomic E-state index is 13.5. The molecule has 0 unspecified atom stereocenters. The standard InChI is InChI=1S/C27H32N6O4S/c1-17-8-9-20(12-23(17)33-15-18(13-29-33)24-14-28-16-32(24)5)30-26(34)21-10-19(27(2,3)4)11-22(25(21)37-6)31-38(7,35)36/h8-16,31H,1-7H3,(H,30,34). The molecule has 0 fully saturated rings. The van der Waals surface area contributed by atoms with Gasteiger partial charge < -0.3 is 14.6 Å². The Morgan fingerprint density at radius 3 is 2.45 bits per heavy atom. The highest BCUT2D eigenvalue weighted by atomic mass is 32.2. The van der Waals surface area contributed by atoms with E-state index in [0.717, 1.165) is 34.3 Å². The number of carbonyl (C=O) groups excluding carboxylic acids is 1. The number of aryl methyl sites for hydroxylation is 2. The lowest BCUT2D eigenvalue weighted by atomic mass is 9.85. The summed E-state index contributed by atoms with van der Waals surface area (Å²) in [6, 6.07) is 8.96. The van der Waals surface area contributed by atoms with E-state index in [4.69, 9.17) is 4.74 Å². The minimum Gasteiger partial charge on any atom is -0.494 e. The molecule has 2 N–H and O–H groups in total. The minimum atomic E-state index is -3.61. The van der Waals surface area contributed by atoms with Crippen molar-refractivity contribution in [3.8, 4) is 22.7 Å². The highest BCUT2D eigenvalue weighted by Gasteiger charge is 2.24. The summed E-state index contributed by atoms with van der Waals surface area (Å²) in [5.41, 5.74) is 5.00. The molecule has 0 spiro atoms. The molecule has 0 aliphatic rings. The summed E-state index contributed by atoms with van der Waals surface area (Å²) in [4.78, 5) is 17.7. The number of methoxy groups -OCH3 is 1. The van der Waals surface area contributed by atoms with Crippen LogP contribution < -0.4 is 14.8 Å². The molecular weight excluding hydrogens is 504 g/mol. The Bertz CT molecular complexity index is 1610. The Hall–Kier alpha value is -4.12. The average Bonchev–Trinajstić information content (AvgIpc) is 3.47. The number of carbonyl (C=O) groups is 1. The summed E-state index contributed by atoms with van der Waals surface area (Å²) < 4.78 is 35.7. The quantitative estimate of drug-likeness (QED) is 0.359. The van der Waals surface area contributed by atoms with Crippen molar-refractivity contribution in [2.24, 2.45) is 7.05 Å². The monoisotopic (exact) mass is 536 g/mol. The van der Waals surface area contributed by atoms with E-state index in [9.17, 15) is 13.2 Å². The van der Waals surface area contributed by atoms with Gasteiger partial charge >= 0.3 is 0 Å². The van der Waals surface area contributed by atoms with E-state index in [1.54, 1.807) is 41.6 Å². The second-order valence-corrected chi connectivity index (χ2v) is 12.0. The topological polar surface area (TPSA) is 120 Å². The van der Waals surface area contributed by atoms with Gasteiger partial charge in [-0.1, -0.05) is 26.8 Å². The van der Waals surface area contributed by atoms with Gasteiger partial charge in [0.05, 0.1) is 54.7 Å². The molecule has 2 heterocycles. The minimum absolute atomic E-state index is 0.140. The molecule has 10 nitrogen and oxygen atoms in total. The molecule has 0 saturated heterocycles. The van der Waals surface area contributed by atoms with E-state index in [1.165, 1.54) is 7.11 Å². The van der Waals surface area contributed by atoms with Gasteiger partial charge in [-0.3, -0.25) is 9.52 Å². The Morgan fingerprint density at radius 1 is 1.11 bits per heavy atom. The highest BCUT2D eigenvalue weighted by Crippen LogP contribution is 2.36. The van der Waals surface area contributed by atoms with Gasteiger partial charge in [0.1, 0.15) is 0 Å². The van der Waals surface area contributed by atoms with Gasteiger partial charge in [0, 0.05) is 24.5 Å². The third kappa shape index (κ3) is 5.72. The molecule has 0 aliphatic carbocycles. The van der Waals surface area contributed by atoms with Crippen LogP contribution in [0.5, 0.6) is 5.75 Å². The first-order chi connectivity index (χ1) is 17.8. The molecule has 38 heavy (non-hydrogen) atoms. The average molecular weight is 537 g/mol. The number of imidazole rings is 1. The normalized spacial score (nSPS) is 11.9. The van der Waals surface area contributed by atoms with Crippen LogP contribution in [0.1, 0.15) is 42.3 Å². The van der Waals surface area contributed by atoms with Crippen molar-refractivity contribution in [1.29, 1.82) is 0 Å². The van der Waals surface area contributed by atoms with Gasteiger partial charge in [-0.25, -0.2) is 18.1 Å². The van der Waals surface area contributed by atoms with E-state index in [2.05, 4.69) is 20.1 Å². The van der Waals surface area contributed by atoms with Gasteiger partial charge in [-0.05, 0) is 47.7 Å². The Kier molecular flexibility index (Phi) is 7.07. The Labute approximate surface area is 222 Å². The van der Waals surface area contributed by atoms with Gasteiger partial charge in [0.25, 0.3) is 5.91 Å². The van der Waals surface area contributed by atoms with Gasteiger partial charge in [0.2, 0.25) is 10.0 Å². The van der Waals surface area contributed by atoms with E-state index >= 15 is 0 Å². The number of nitrogens with zero attached hydrogens (tertiary/aromatic N) is 4. The second-order valence-electron chi connectivity index (χ2n) is 10.2. The first-order valence-corrected chi connectivity index (χ1v) is 13.8. The summed E-state index contributed by atoms with van der Waals surface area (Å²) in [6.45, 7) is 7.91. The lowest BCUT2D eigenvalue weighted by Crippen LogP contribution is -2.19. The number of anilines is 2. The fourth-order valence-electron chi connectivity index (χ4n) is 4.08. The number of benzene rings is 2. The molecule has 4 rings (SSSR count). The zero-order chi connectivity index (χ0) is 27.8. The molecule has 0 radical (unpaired) electrons. The van der Waals surface area contributed by atoms with Crippen molar-refractivity contribution < 1.29 is 17.9 Å². The lowest BCUT2D eigenvalue weighted by Gasteiger charge is -2.23. The predicted octanol–water partition coefficient (Wildman–Crippen LogP) is 4.51. The SMILES string of the molecule is COc1c(NS(C)(=O)=O)cc(C(C)(C)C)cc1C(=O)Nc1ccc(C)c(-n2cc(-c3cncn3C)cn2)c1. The van der Waals surface area contributed by atoms with Gasteiger partial charge in [-0.15, -0.1) is 0 Å². The first kappa shape index (κ1) is 26.9. The predicted molar refractivity (Wildman–Crippen MR) is 149 cm³/mol. The second kappa shape index (κ2) is 9.97. The van der Waals surface area contributed by atoms with Crippen LogP contribution in [0.4, 0.5) is 11.4 Å². The van der Waals surface area contributed by atoms with Crippen LogP contribution >= 0.6 is 0 Å². The molecule has 0 atom stereocenters. The van der Waals surface area contributed by atoms with Crippen LogP contribution in [0.25, 0.3) is 16.9 Å². The highest BCUT2D eigenvalue weighted by molar-refractivity contribution is 7.92. The Morgan fingerprint density at radius 2 is 1.84 bits per heavy atom. The third-order valence-electron chi connectivity index (χ3n) is 6.11. The number of amides is 1. The number of ether oxygens (including phenoxy) is 1. The molecule has 0 aliphatic heterocycles. The number of sulfonamides is 1. The maximum absolute atomic E-state index is 13.5. The zero-order valence-electron chi connectivity index (χ0n) is 22.5. The van der Waals surface area contributed by atoms with Crippen molar-refractivity contribution in [3.05, 3.63) is 71.9 Å². The maximum Gasteiger partial charge on any atom is 0.259 e. The van der Waals surface area contributed by atoms with Crippen molar-refractivity contribution in [2.75, 3.05) is 23.4 Å². The molecule has 200 valence electrons. The van der Waals surface area contributed by atoms with E-state index in [-0.39, 0.29) is 22.4 Å². The molecule has 11 heteroatoms. The molecule has 2 aromatic heterocycles. The molecule has 1 amide bonds. The molecule has 0 bridgehead atoms. The van der Waals surface area contributed by atoms with Gasteiger partial charge in [0.15, 0.2) is 5.75 Å². The zero-order valence-corrected chi connectivity index (χ0v) is 23.3. The van der Waals surface area contributed by atoms with Crippen LogP contribution in [0.2, 0.25) is 0 Å². The number of rotatable bonds is 7. The fourth-order valence-corrected chi connectivity index (χ4v) is 4.63. The summed E-state index contributed by atoms with van der Waals surface area (Å²) in [5.74, 6) is -0.295. The number of hydrogen-bond acceptors (Lipinski definition) is 6. The van der Waals surface area contributed by atoms with Crippen molar-refractivity contribution in [3.63, 3.8) is 0 Å². The van der Waals surface area contributed by atoms with Crippen molar-refractivity contribution in [2.45, 2.75) is 33.1 Å². The van der Waals surface area contributed by atoms with Crippen LogP contribution in [0.15, 0.2) is 55.2 Å². The summed E-state index contributed by atoms with van der Waals surface area (Å²) >= 11 is 0. The number of aromatic nitrogens is 4. The summed E-state index contributed by atoms with van der Waals surface area (Å²) in [5, 5.41) is 7.44. The van der Waals surface area contributed by atoms with Crippen LogP contribution in [-0.2, 0) is 22.5 Å². The largest absolute Gasteiger partial charge is 0.494 e. The Balaban J connectivity index is 1.71. The number of hydrogen-bond donors (Lipinski definition) is 2. The fraction of sp³-hybridized carbons (Fsp3) is 0.296. The van der Waals surface area contributed by atoms with Crippen LogP contribution in [-0.4, -0.2) is 47.0 Å². The first-order valence-electron chi connectivity index (χ1n) is 11.9.